The van der Waals surface area contributed by atoms with Gasteiger partial charge in [-0.15, -0.1) is 0 Å². The van der Waals surface area contributed by atoms with Gasteiger partial charge in [0.15, 0.2) is 0 Å². The van der Waals surface area contributed by atoms with Gasteiger partial charge in [0.2, 0.25) is 0 Å². The maximum Gasteiger partial charge on any atom is 0.0205 e. The zero-order chi connectivity index (χ0) is 11.8. The van der Waals surface area contributed by atoms with Gasteiger partial charge in [-0.3, -0.25) is 0 Å². The third kappa shape index (κ3) is 5.04. The first-order valence-electron chi connectivity index (χ1n) is 6.11. The predicted molar refractivity (Wildman–Crippen MR) is 75.2 cm³/mol. The normalized spacial score (nSPS) is 11.0. The zero-order valence-corrected chi connectivity index (χ0v) is 11.4. The predicted octanol–water partition coefficient (Wildman–Crippen LogP) is 3.65. The molecule has 0 heterocycles. The number of nitrogens with one attached hydrogen (secondary N) is 1. The van der Waals surface area contributed by atoms with Crippen LogP contribution in [0.5, 0.6) is 0 Å². The molecule has 0 aliphatic rings. The van der Waals surface area contributed by atoms with Gasteiger partial charge in [-0.25, -0.2) is 0 Å². The van der Waals surface area contributed by atoms with Crippen molar-refractivity contribution in [2.45, 2.75) is 33.2 Å². The van der Waals surface area contributed by atoms with Crippen molar-refractivity contribution in [3.63, 3.8) is 0 Å². The minimum absolute atomic E-state index is 0.628. The molecule has 1 rings (SSSR count). The highest BCUT2D eigenvalue weighted by atomic mass is 32.2. The number of rotatable bonds is 7. The second kappa shape index (κ2) is 7.75. The standard InChI is InChI=1S/C14H23NS/c1-4-16-10-9-15-11-13-5-7-14(8-6-13)12(2)3/h5-8,12,15H,4,9-11H2,1-3H3. The smallest absolute Gasteiger partial charge is 0.0205 e. The van der Waals surface area contributed by atoms with E-state index < -0.39 is 0 Å². The van der Waals surface area contributed by atoms with E-state index in [0.717, 1.165) is 13.1 Å². The molecular weight excluding hydrogens is 214 g/mol. The van der Waals surface area contributed by atoms with Gasteiger partial charge in [-0.2, -0.15) is 11.8 Å². The summed E-state index contributed by atoms with van der Waals surface area (Å²) in [6.45, 7) is 8.76. The molecule has 0 saturated heterocycles. The fourth-order valence-corrected chi connectivity index (χ4v) is 2.12. The molecule has 0 saturated carbocycles. The van der Waals surface area contributed by atoms with Gasteiger partial charge in [0.1, 0.15) is 0 Å². The lowest BCUT2D eigenvalue weighted by Gasteiger charge is -2.07. The average Bonchev–Trinajstić information content (AvgIpc) is 2.29. The van der Waals surface area contributed by atoms with Gasteiger partial charge in [0.25, 0.3) is 0 Å². The molecule has 90 valence electrons. The maximum absolute atomic E-state index is 3.46. The van der Waals surface area contributed by atoms with Crippen LogP contribution < -0.4 is 5.32 Å². The molecule has 0 unspecified atom stereocenters. The van der Waals surface area contributed by atoms with Crippen LogP contribution in [0.4, 0.5) is 0 Å². The minimum Gasteiger partial charge on any atom is -0.312 e. The summed E-state index contributed by atoms with van der Waals surface area (Å²) in [4.78, 5) is 0. The van der Waals surface area contributed by atoms with Crippen LogP contribution in [0.25, 0.3) is 0 Å². The van der Waals surface area contributed by atoms with Crippen LogP contribution in [0.1, 0.15) is 37.8 Å². The highest BCUT2D eigenvalue weighted by Crippen LogP contribution is 2.14. The van der Waals surface area contributed by atoms with Crippen LogP contribution in [0.15, 0.2) is 24.3 Å². The van der Waals surface area contributed by atoms with Crippen LogP contribution in [0.3, 0.4) is 0 Å². The summed E-state index contributed by atoms with van der Waals surface area (Å²) >= 11 is 1.99. The van der Waals surface area contributed by atoms with E-state index >= 15 is 0 Å². The SMILES string of the molecule is CCSCCNCc1ccc(C(C)C)cc1. The molecule has 1 aromatic rings. The molecule has 16 heavy (non-hydrogen) atoms. The molecule has 0 bridgehead atoms. The minimum atomic E-state index is 0.628. The molecule has 1 N–H and O–H groups in total. The molecule has 1 aromatic carbocycles. The third-order valence-electron chi connectivity index (χ3n) is 2.60. The summed E-state index contributed by atoms with van der Waals surface area (Å²) in [7, 11) is 0. The van der Waals surface area contributed by atoms with Crippen molar-refractivity contribution in [3.8, 4) is 0 Å². The van der Waals surface area contributed by atoms with E-state index in [4.69, 9.17) is 0 Å². The van der Waals surface area contributed by atoms with Gasteiger partial charge in [-0.1, -0.05) is 45.0 Å². The zero-order valence-electron chi connectivity index (χ0n) is 10.6. The summed E-state index contributed by atoms with van der Waals surface area (Å²) in [5.41, 5.74) is 2.80. The van der Waals surface area contributed by atoms with Crippen LogP contribution >= 0.6 is 11.8 Å². The van der Waals surface area contributed by atoms with Gasteiger partial charge < -0.3 is 5.32 Å². The molecule has 0 amide bonds. The third-order valence-corrected chi connectivity index (χ3v) is 3.50. The first-order chi connectivity index (χ1) is 7.74. The van der Waals surface area contributed by atoms with E-state index in [0.29, 0.717) is 5.92 Å². The van der Waals surface area contributed by atoms with Crippen molar-refractivity contribution in [2.75, 3.05) is 18.1 Å². The molecule has 0 aromatic heterocycles. The Kier molecular flexibility index (Phi) is 6.58. The second-order valence-electron chi connectivity index (χ2n) is 4.27. The lowest BCUT2D eigenvalue weighted by Crippen LogP contribution is -2.16. The maximum atomic E-state index is 3.46. The van der Waals surface area contributed by atoms with E-state index in [1.54, 1.807) is 0 Å². The van der Waals surface area contributed by atoms with Crippen molar-refractivity contribution in [2.24, 2.45) is 0 Å². The molecule has 0 spiro atoms. The molecule has 0 radical (unpaired) electrons. The Bertz CT molecular complexity index is 279. The Morgan fingerprint density at radius 2 is 1.88 bits per heavy atom. The van der Waals surface area contributed by atoms with Crippen molar-refractivity contribution in [3.05, 3.63) is 35.4 Å². The summed E-state index contributed by atoms with van der Waals surface area (Å²) in [6.07, 6.45) is 0. The highest BCUT2D eigenvalue weighted by Gasteiger charge is 1.98. The Morgan fingerprint density at radius 3 is 2.44 bits per heavy atom. The fraction of sp³-hybridized carbons (Fsp3) is 0.571. The lowest BCUT2D eigenvalue weighted by molar-refractivity contribution is 0.731. The van der Waals surface area contributed by atoms with Crippen LogP contribution in [-0.4, -0.2) is 18.1 Å². The molecule has 0 aliphatic heterocycles. The largest absolute Gasteiger partial charge is 0.312 e. The Morgan fingerprint density at radius 1 is 1.19 bits per heavy atom. The summed E-state index contributed by atoms with van der Waals surface area (Å²) in [6, 6.07) is 8.94. The first-order valence-corrected chi connectivity index (χ1v) is 7.26. The van der Waals surface area contributed by atoms with Crippen LogP contribution in [0, 0.1) is 0 Å². The molecule has 2 heteroatoms. The molecule has 0 atom stereocenters. The number of hydrogen-bond donors (Lipinski definition) is 1. The van der Waals surface area contributed by atoms with Gasteiger partial charge >= 0.3 is 0 Å². The van der Waals surface area contributed by atoms with E-state index in [1.807, 2.05) is 11.8 Å². The van der Waals surface area contributed by atoms with E-state index in [9.17, 15) is 0 Å². The van der Waals surface area contributed by atoms with Crippen molar-refractivity contribution in [1.82, 2.24) is 5.32 Å². The molecule has 0 aliphatic carbocycles. The van der Waals surface area contributed by atoms with Crippen molar-refractivity contribution < 1.29 is 0 Å². The van der Waals surface area contributed by atoms with E-state index in [1.165, 1.54) is 22.6 Å². The summed E-state index contributed by atoms with van der Waals surface area (Å²) < 4.78 is 0. The fourth-order valence-electron chi connectivity index (χ4n) is 1.54. The Hall–Kier alpha value is -0.470. The average molecular weight is 237 g/mol. The van der Waals surface area contributed by atoms with Crippen LogP contribution in [0.2, 0.25) is 0 Å². The van der Waals surface area contributed by atoms with Crippen molar-refractivity contribution in [1.29, 1.82) is 0 Å². The quantitative estimate of drug-likeness (QED) is 0.726. The Labute approximate surface area is 104 Å². The van der Waals surface area contributed by atoms with E-state index in [-0.39, 0.29) is 0 Å². The van der Waals surface area contributed by atoms with Crippen molar-refractivity contribution >= 4 is 11.8 Å². The Balaban J connectivity index is 2.27. The van der Waals surface area contributed by atoms with E-state index in [2.05, 4.69) is 50.4 Å². The van der Waals surface area contributed by atoms with Gasteiger partial charge in [-0.05, 0) is 22.8 Å². The monoisotopic (exact) mass is 237 g/mol. The second-order valence-corrected chi connectivity index (χ2v) is 5.66. The van der Waals surface area contributed by atoms with Crippen LogP contribution in [-0.2, 0) is 6.54 Å². The van der Waals surface area contributed by atoms with Gasteiger partial charge in [0.05, 0.1) is 0 Å². The van der Waals surface area contributed by atoms with Gasteiger partial charge in [0, 0.05) is 18.8 Å². The lowest BCUT2D eigenvalue weighted by atomic mass is 10.0. The molecular formula is C14H23NS. The highest BCUT2D eigenvalue weighted by molar-refractivity contribution is 7.99. The summed E-state index contributed by atoms with van der Waals surface area (Å²) in [5.74, 6) is 3.05. The molecule has 0 fully saturated rings. The molecule has 1 nitrogen and oxygen atoms in total. The first kappa shape index (κ1) is 13.6. The summed E-state index contributed by atoms with van der Waals surface area (Å²) in [5, 5.41) is 3.46. The number of thioether (sulfide) groups is 1. The topological polar surface area (TPSA) is 12.0 Å². The number of hydrogen-bond acceptors (Lipinski definition) is 2. The number of benzene rings is 1.